The van der Waals surface area contributed by atoms with Gasteiger partial charge < -0.3 is 15.1 Å². The molecule has 1 saturated heterocycles. The second kappa shape index (κ2) is 4.48. The summed E-state index contributed by atoms with van der Waals surface area (Å²) in [7, 11) is 0. The van der Waals surface area contributed by atoms with Crippen LogP contribution in [0.3, 0.4) is 0 Å². The number of aromatic carboxylic acids is 1. The van der Waals surface area contributed by atoms with E-state index >= 15 is 0 Å². The SMILES string of the molecule is O=C(O)c1ccc(N2CCC(C(=O)O)C2=O)cc1. The van der Waals surface area contributed by atoms with Crippen molar-refractivity contribution in [2.24, 2.45) is 5.92 Å². The lowest BCUT2D eigenvalue weighted by Crippen LogP contribution is -2.30. The predicted octanol–water partition coefficient (Wildman–Crippen LogP) is 0.822. The molecule has 2 rings (SSSR count). The minimum absolute atomic E-state index is 0.125. The summed E-state index contributed by atoms with van der Waals surface area (Å²) in [4.78, 5) is 34.6. The Hall–Kier alpha value is -2.37. The van der Waals surface area contributed by atoms with Gasteiger partial charge in [0.1, 0.15) is 5.92 Å². The molecule has 1 aliphatic heterocycles. The Labute approximate surface area is 102 Å². The van der Waals surface area contributed by atoms with Gasteiger partial charge in [0, 0.05) is 12.2 Å². The highest BCUT2D eigenvalue weighted by molar-refractivity contribution is 6.07. The van der Waals surface area contributed by atoms with Gasteiger partial charge in [0.2, 0.25) is 5.91 Å². The topological polar surface area (TPSA) is 94.9 Å². The maximum atomic E-state index is 11.8. The van der Waals surface area contributed by atoms with Crippen molar-refractivity contribution < 1.29 is 24.6 Å². The Bertz CT molecular complexity index is 508. The number of benzene rings is 1. The molecular formula is C12H11NO5. The van der Waals surface area contributed by atoms with Gasteiger partial charge in [0.15, 0.2) is 0 Å². The number of amides is 1. The smallest absolute Gasteiger partial charge is 0.335 e. The third kappa shape index (κ3) is 2.04. The number of carbonyl (C=O) groups excluding carboxylic acids is 1. The quantitative estimate of drug-likeness (QED) is 0.773. The van der Waals surface area contributed by atoms with E-state index in [2.05, 4.69) is 0 Å². The average molecular weight is 249 g/mol. The van der Waals surface area contributed by atoms with Crippen molar-refractivity contribution in [3.8, 4) is 0 Å². The fraction of sp³-hybridized carbons (Fsp3) is 0.250. The van der Waals surface area contributed by atoms with Crippen molar-refractivity contribution in [3.05, 3.63) is 29.8 Å². The van der Waals surface area contributed by atoms with Crippen LogP contribution < -0.4 is 4.90 Å². The lowest BCUT2D eigenvalue weighted by atomic mass is 10.1. The summed E-state index contributed by atoms with van der Waals surface area (Å²) in [6.07, 6.45) is 0.273. The zero-order valence-corrected chi connectivity index (χ0v) is 9.37. The molecule has 0 radical (unpaired) electrons. The number of nitrogens with zero attached hydrogens (tertiary/aromatic N) is 1. The molecule has 0 bridgehead atoms. The average Bonchev–Trinajstić information content (AvgIpc) is 2.71. The first-order valence-electron chi connectivity index (χ1n) is 5.38. The molecule has 1 fully saturated rings. The van der Waals surface area contributed by atoms with Crippen LogP contribution >= 0.6 is 0 Å². The molecule has 0 spiro atoms. The van der Waals surface area contributed by atoms with Crippen molar-refractivity contribution in [2.45, 2.75) is 6.42 Å². The monoisotopic (exact) mass is 249 g/mol. The Morgan fingerprint density at radius 2 is 1.78 bits per heavy atom. The Balaban J connectivity index is 2.21. The first kappa shape index (κ1) is 12.1. The molecule has 1 aromatic carbocycles. The normalized spacial score (nSPS) is 19.0. The van der Waals surface area contributed by atoms with Crippen molar-refractivity contribution in [2.75, 3.05) is 11.4 Å². The zero-order valence-electron chi connectivity index (χ0n) is 9.37. The largest absolute Gasteiger partial charge is 0.481 e. The van der Waals surface area contributed by atoms with Gasteiger partial charge in [-0.2, -0.15) is 0 Å². The molecule has 1 atom stereocenters. The van der Waals surface area contributed by atoms with Gasteiger partial charge in [0.25, 0.3) is 0 Å². The van der Waals surface area contributed by atoms with E-state index in [-0.39, 0.29) is 12.0 Å². The summed E-state index contributed by atoms with van der Waals surface area (Å²) >= 11 is 0. The summed E-state index contributed by atoms with van der Waals surface area (Å²) in [6, 6.07) is 5.79. The maximum Gasteiger partial charge on any atom is 0.335 e. The Morgan fingerprint density at radius 3 is 2.22 bits per heavy atom. The van der Waals surface area contributed by atoms with Crippen LogP contribution in [0, 0.1) is 5.92 Å². The summed E-state index contributed by atoms with van der Waals surface area (Å²) in [5.41, 5.74) is 0.647. The van der Waals surface area contributed by atoms with Gasteiger partial charge in [-0.25, -0.2) is 4.79 Å². The van der Waals surface area contributed by atoms with Crippen LogP contribution in [-0.2, 0) is 9.59 Å². The van der Waals surface area contributed by atoms with E-state index < -0.39 is 23.8 Å². The molecule has 18 heavy (non-hydrogen) atoms. The number of rotatable bonds is 3. The van der Waals surface area contributed by atoms with E-state index in [1.807, 2.05) is 0 Å². The third-order valence-electron chi connectivity index (χ3n) is 2.93. The minimum atomic E-state index is -1.12. The first-order valence-corrected chi connectivity index (χ1v) is 5.38. The first-order chi connectivity index (χ1) is 8.50. The summed E-state index contributed by atoms with van der Waals surface area (Å²) in [5.74, 6) is -3.61. The molecule has 2 N–H and O–H groups in total. The zero-order chi connectivity index (χ0) is 13.3. The van der Waals surface area contributed by atoms with Crippen LogP contribution in [0.25, 0.3) is 0 Å². The number of aliphatic carboxylic acids is 1. The molecule has 0 aromatic heterocycles. The lowest BCUT2D eigenvalue weighted by Gasteiger charge is -2.16. The van der Waals surface area contributed by atoms with Crippen molar-refractivity contribution in [1.29, 1.82) is 0 Å². The molecule has 0 aliphatic carbocycles. The molecule has 1 unspecified atom stereocenters. The van der Waals surface area contributed by atoms with Crippen LogP contribution in [0.2, 0.25) is 0 Å². The van der Waals surface area contributed by atoms with E-state index in [9.17, 15) is 14.4 Å². The van der Waals surface area contributed by atoms with Crippen molar-refractivity contribution in [1.82, 2.24) is 0 Å². The van der Waals surface area contributed by atoms with Gasteiger partial charge in [-0.3, -0.25) is 9.59 Å². The molecular weight excluding hydrogens is 238 g/mol. The molecule has 94 valence electrons. The van der Waals surface area contributed by atoms with Gasteiger partial charge >= 0.3 is 11.9 Å². The van der Waals surface area contributed by atoms with Crippen LogP contribution in [0.4, 0.5) is 5.69 Å². The molecule has 1 amide bonds. The van der Waals surface area contributed by atoms with Gasteiger partial charge in [-0.05, 0) is 30.7 Å². The van der Waals surface area contributed by atoms with Gasteiger partial charge in [0.05, 0.1) is 5.56 Å². The van der Waals surface area contributed by atoms with Gasteiger partial charge in [-0.1, -0.05) is 0 Å². The van der Waals surface area contributed by atoms with E-state index in [1.165, 1.54) is 29.2 Å². The fourth-order valence-electron chi connectivity index (χ4n) is 1.95. The highest BCUT2D eigenvalue weighted by Crippen LogP contribution is 2.25. The minimum Gasteiger partial charge on any atom is -0.481 e. The number of carboxylic acid groups (broad SMARTS) is 2. The van der Waals surface area contributed by atoms with E-state index in [4.69, 9.17) is 10.2 Å². The van der Waals surface area contributed by atoms with Crippen LogP contribution in [0.5, 0.6) is 0 Å². The van der Waals surface area contributed by atoms with E-state index in [1.54, 1.807) is 0 Å². The van der Waals surface area contributed by atoms with Crippen molar-refractivity contribution in [3.63, 3.8) is 0 Å². The molecule has 1 aromatic rings. The summed E-state index contributed by atoms with van der Waals surface area (Å²) < 4.78 is 0. The van der Waals surface area contributed by atoms with Crippen LogP contribution in [0.1, 0.15) is 16.8 Å². The molecule has 1 aliphatic rings. The molecule has 0 saturated carbocycles. The number of carboxylic acids is 2. The molecule has 6 heteroatoms. The molecule has 1 heterocycles. The van der Waals surface area contributed by atoms with Crippen LogP contribution in [-0.4, -0.2) is 34.6 Å². The number of hydrogen-bond acceptors (Lipinski definition) is 3. The van der Waals surface area contributed by atoms with Crippen molar-refractivity contribution >= 4 is 23.5 Å². The number of anilines is 1. The second-order valence-electron chi connectivity index (χ2n) is 4.02. The fourth-order valence-corrected chi connectivity index (χ4v) is 1.95. The highest BCUT2D eigenvalue weighted by Gasteiger charge is 2.37. The number of hydrogen-bond donors (Lipinski definition) is 2. The molecule has 6 nitrogen and oxygen atoms in total. The summed E-state index contributed by atoms with van der Waals surface area (Å²) in [6.45, 7) is 0.336. The second-order valence-corrected chi connectivity index (χ2v) is 4.02. The highest BCUT2D eigenvalue weighted by atomic mass is 16.4. The third-order valence-corrected chi connectivity index (χ3v) is 2.93. The van der Waals surface area contributed by atoms with E-state index in [0.29, 0.717) is 12.2 Å². The number of carbonyl (C=O) groups is 3. The lowest BCUT2D eigenvalue weighted by molar-refractivity contribution is -0.144. The van der Waals surface area contributed by atoms with E-state index in [0.717, 1.165) is 0 Å². The van der Waals surface area contributed by atoms with Crippen LogP contribution in [0.15, 0.2) is 24.3 Å². The van der Waals surface area contributed by atoms with Gasteiger partial charge in [-0.15, -0.1) is 0 Å². The Kier molecular flexibility index (Phi) is 3.01. The predicted molar refractivity (Wildman–Crippen MR) is 61.5 cm³/mol. The standard InChI is InChI=1S/C12H11NO5/c14-10-9(12(17)18)5-6-13(10)8-3-1-7(2-4-8)11(15)16/h1-4,9H,5-6H2,(H,15,16)(H,17,18). The maximum absolute atomic E-state index is 11.8. The Morgan fingerprint density at radius 1 is 1.17 bits per heavy atom. The summed E-state index contributed by atoms with van der Waals surface area (Å²) in [5, 5.41) is 17.6.